The second-order valence-electron chi connectivity index (χ2n) is 2.29. The molecule has 0 spiro atoms. The van der Waals surface area contributed by atoms with Crippen LogP contribution in [0, 0.1) is 0 Å². The summed E-state index contributed by atoms with van der Waals surface area (Å²) in [6.07, 6.45) is -0.363. The molecule has 60 valence electrons. The zero-order valence-electron chi connectivity index (χ0n) is 8.38. The molecular formula is C9H14N2. The van der Waals surface area contributed by atoms with Crippen LogP contribution < -0.4 is 11.1 Å². The molecule has 0 saturated carbocycles. The van der Waals surface area contributed by atoms with Crippen molar-refractivity contribution in [2.75, 3.05) is 17.6 Å². The third-order valence-corrected chi connectivity index (χ3v) is 1.36. The van der Waals surface area contributed by atoms with Crippen LogP contribution in [-0.2, 0) is 0 Å². The Morgan fingerprint density at radius 3 is 2.91 bits per heavy atom. The van der Waals surface area contributed by atoms with Gasteiger partial charge < -0.3 is 11.1 Å². The van der Waals surface area contributed by atoms with E-state index < -0.39 is 0 Å². The van der Waals surface area contributed by atoms with Gasteiger partial charge in [-0.25, -0.2) is 0 Å². The zero-order chi connectivity index (χ0) is 9.68. The summed E-state index contributed by atoms with van der Waals surface area (Å²) in [4.78, 5) is 0. The van der Waals surface area contributed by atoms with Crippen molar-refractivity contribution in [1.29, 1.82) is 0 Å². The van der Waals surface area contributed by atoms with E-state index in [2.05, 4.69) is 5.32 Å². The lowest BCUT2D eigenvalue weighted by Gasteiger charge is -2.03. The molecule has 1 unspecified atom stereocenters. The van der Waals surface area contributed by atoms with Gasteiger partial charge in [-0.05, 0) is 30.7 Å². The molecule has 0 fully saturated rings. The first kappa shape index (κ1) is 5.47. The van der Waals surface area contributed by atoms with Gasteiger partial charge in [-0.3, -0.25) is 0 Å². The van der Waals surface area contributed by atoms with E-state index in [1.54, 1.807) is 0 Å². The molecule has 0 aliphatic rings. The summed E-state index contributed by atoms with van der Waals surface area (Å²) >= 11 is 0. The van der Waals surface area contributed by atoms with E-state index in [-0.39, 0.29) is 13.3 Å². The Kier molecular flexibility index (Phi) is 1.92. The van der Waals surface area contributed by atoms with Gasteiger partial charge in [0, 0.05) is 20.7 Å². The zero-order valence-corrected chi connectivity index (χ0v) is 6.38. The van der Waals surface area contributed by atoms with E-state index in [1.165, 1.54) is 0 Å². The van der Waals surface area contributed by atoms with Gasteiger partial charge in [0.2, 0.25) is 0 Å². The highest BCUT2D eigenvalue weighted by atomic mass is 14.9. The summed E-state index contributed by atoms with van der Waals surface area (Å²) in [5.74, 6) is 0. The van der Waals surface area contributed by atoms with E-state index in [4.69, 9.17) is 8.48 Å². The maximum absolute atomic E-state index is 7.34. The molecule has 1 atom stereocenters. The number of rotatable bonds is 3. The van der Waals surface area contributed by atoms with Gasteiger partial charge in [-0.1, -0.05) is 6.90 Å². The Morgan fingerprint density at radius 2 is 2.27 bits per heavy atom. The van der Waals surface area contributed by atoms with Gasteiger partial charge in [0.1, 0.15) is 0 Å². The average Bonchev–Trinajstić information content (AvgIpc) is 2.16. The maximum Gasteiger partial charge on any atom is 0.0341 e. The molecule has 0 aromatic heterocycles. The third-order valence-electron chi connectivity index (χ3n) is 1.36. The van der Waals surface area contributed by atoms with Crippen LogP contribution in [0.5, 0.6) is 0 Å². The monoisotopic (exact) mass is 152 g/mol. The number of benzene rings is 1. The Hall–Kier alpha value is -1.18. The van der Waals surface area contributed by atoms with Crippen molar-refractivity contribution in [2.45, 2.75) is 13.3 Å². The van der Waals surface area contributed by atoms with Crippen molar-refractivity contribution in [1.82, 2.24) is 0 Å². The maximum atomic E-state index is 7.34. The molecule has 0 heterocycles. The molecule has 0 amide bonds. The second-order valence-corrected chi connectivity index (χ2v) is 2.29. The topological polar surface area (TPSA) is 38.0 Å². The van der Waals surface area contributed by atoms with Crippen molar-refractivity contribution >= 4 is 11.4 Å². The molecule has 0 radical (unpaired) electrons. The minimum absolute atomic E-state index is 0.127. The van der Waals surface area contributed by atoms with Gasteiger partial charge >= 0.3 is 0 Å². The van der Waals surface area contributed by atoms with Crippen molar-refractivity contribution in [3.05, 3.63) is 24.3 Å². The van der Waals surface area contributed by atoms with Crippen LogP contribution >= 0.6 is 0 Å². The largest absolute Gasteiger partial charge is 0.399 e. The quantitative estimate of drug-likeness (QED) is 0.651. The summed E-state index contributed by atoms with van der Waals surface area (Å²) in [5.41, 5.74) is 7.19. The average molecular weight is 152 g/mol. The van der Waals surface area contributed by atoms with Crippen LogP contribution in [-0.4, -0.2) is 6.54 Å². The van der Waals surface area contributed by atoms with Gasteiger partial charge in [-0.15, -0.1) is 0 Å². The predicted octanol–water partition coefficient (Wildman–Crippen LogP) is 2.09. The van der Waals surface area contributed by atoms with Crippen LogP contribution in [0.4, 0.5) is 11.4 Å². The van der Waals surface area contributed by atoms with E-state index in [0.29, 0.717) is 6.54 Å². The first-order chi connectivity index (χ1) is 6.22. The van der Waals surface area contributed by atoms with Crippen LogP contribution in [0.25, 0.3) is 0 Å². The lowest BCUT2D eigenvalue weighted by molar-refractivity contribution is 0.980. The van der Waals surface area contributed by atoms with Crippen molar-refractivity contribution in [3.63, 3.8) is 0 Å². The van der Waals surface area contributed by atoms with Crippen molar-refractivity contribution in [2.24, 2.45) is 0 Å². The third kappa shape index (κ3) is 2.50. The van der Waals surface area contributed by atoms with Crippen LogP contribution in [0.15, 0.2) is 24.3 Å². The molecule has 1 aromatic rings. The molecule has 0 aliphatic carbocycles. The van der Waals surface area contributed by atoms with E-state index >= 15 is 0 Å². The minimum Gasteiger partial charge on any atom is -0.399 e. The van der Waals surface area contributed by atoms with E-state index in [0.717, 1.165) is 11.4 Å². The molecule has 2 heteroatoms. The Balaban J connectivity index is 2.41. The Labute approximate surface area is 70.2 Å². The predicted molar refractivity (Wildman–Crippen MR) is 49.6 cm³/mol. The summed E-state index contributed by atoms with van der Waals surface area (Å²) in [7, 11) is 0. The van der Waals surface area contributed by atoms with Gasteiger partial charge in [-0.2, -0.15) is 0 Å². The van der Waals surface area contributed by atoms with E-state index in [9.17, 15) is 0 Å². The fourth-order valence-corrected chi connectivity index (χ4v) is 0.791. The number of hydrogen-bond acceptors (Lipinski definition) is 2. The van der Waals surface area contributed by atoms with Gasteiger partial charge in [0.25, 0.3) is 0 Å². The lowest BCUT2D eigenvalue weighted by Crippen LogP contribution is -1.99. The molecule has 0 bridgehead atoms. The standard InChI is InChI=1S/C9H14N2/c1-2-7-11-9-5-3-8(10)4-6-9/h3-6,11H,2,7,10H2,1H3/i1D,2D. The smallest absolute Gasteiger partial charge is 0.0341 e. The lowest BCUT2D eigenvalue weighted by atomic mass is 10.3. The minimum atomic E-state index is -0.363. The van der Waals surface area contributed by atoms with Gasteiger partial charge in [0.05, 0.1) is 0 Å². The number of nitrogen functional groups attached to an aromatic ring is 1. The first-order valence-corrected chi connectivity index (χ1v) is 3.53. The number of nitrogens with two attached hydrogens (primary N) is 1. The summed E-state index contributed by atoms with van der Waals surface area (Å²) in [6.45, 7) is 0.634. The highest BCUT2D eigenvalue weighted by Crippen LogP contribution is 2.09. The Bertz CT molecular complexity index is 248. The molecule has 0 saturated heterocycles. The number of nitrogens with one attached hydrogen (secondary N) is 1. The normalized spacial score (nSPS) is 14.9. The van der Waals surface area contributed by atoms with Crippen LogP contribution in [0.3, 0.4) is 0 Å². The number of anilines is 2. The molecule has 11 heavy (non-hydrogen) atoms. The Morgan fingerprint density at radius 1 is 1.55 bits per heavy atom. The van der Waals surface area contributed by atoms with Crippen LogP contribution in [0.1, 0.15) is 16.0 Å². The fourth-order valence-electron chi connectivity index (χ4n) is 0.791. The molecule has 3 N–H and O–H groups in total. The highest BCUT2D eigenvalue weighted by Gasteiger charge is 1.88. The summed E-state index contributed by atoms with van der Waals surface area (Å²) in [6, 6.07) is 7.35. The highest BCUT2D eigenvalue weighted by molar-refractivity contribution is 5.50. The van der Waals surface area contributed by atoms with Crippen LogP contribution in [0.2, 0.25) is 0 Å². The van der Waals surface area contributed by atoms with Gasteiger partial charge in [0.15, 0.2) is 0 Å². The molecule has 1 aromatic carbocycles. The second kappa shape index (κ2) is 3.86. The summed E-state index contributed by atoms with van der Waals surface area (Å²) < 4.78 is 14.3. The fraction of sp³-hybridized carbons (Fsp3) is 0.333. The molecule has 1 rings (SSSR count). The van der Waals surface area contributed by atoms with E-state index in [1.807, 2.05) is 24.3 Å². The van der Waals surface area contributed by atoms with Crippen molar-refractivity contribution in [3.8, 4) is 0 Å². The molecule has 0 aliphatic heterocycles. The SMILES string of the molecule is [2H]CC([2H])CNc1ccc(N)cc1. The first-order valence-electron chi connectivity index (χ1n) is 4.81. The molecular weight excluding hydrogens is 136 g/mol. The molecule has 2 nitrogen and oxygen atoms in total. The number of hydrogen-bond donors (Lipinski definition) is 2. The summed E-state index contributed by atoms with van der Waals surface area (Å²) in [5, 5.41) is 3.06. The van der Waals surface area contributed by atoms with Crippen molar-refractivity contribution < 1.29 is 2.74 Å².